The van der Waals surface area contributed by atoms with Gasteiger partial charge in [0.15, 0.2) is 6.79 Å². The lowest BCUT2D eigenvalue weighted by atomic mass is 10.0. The average molecular weight is 595 g/mol. The number of carbonyl (C=O) groups is 1. The minimum Gasteiger partial charge on any atom is -0.756 e. The molecule has 0 aliphatic rings. The fourth-order valence-electron chi connectivity index (χ4n) is 3.29. The van der Waals surface area contributed by atoms with Crippen LogP contribution in [-0.2, 0) is 33.3 Å². The molecule has 1 unspecified atom stereocenters. The summed E-state index contributed by atoms with van der Waals surface area (Å²) in [5.74, 6) is -0.294. The van der Waals surface area contributed by atoms with Crippen LogP contribution in [0.25, 0.3) is 0 Å². The van der Waals surface area contributed by atoms with Crippen LogP contribution in [0.4, 0.5) is 4.39 Å². The maximum absolute atomic E-state index is 13.0. The summed E-state index contributed by atoms with van der Waals surface area (Å²) in [4.78, 5) is 31.1. The van der Waals surface area contributed by atoms with Gasteiger partial charge in [-0.15, -0.1) is 0 Å². The molecule has 0 bridgehead atoms. The first-order chi connectivity index (χ1) is 19.4. The normalized spacial score (nSPS) is 12.6. The summed E-state index contributed by atoms with van der Waals surface area (Å²) in [6.07, 6.45) is 1.39. The Morgan fingerprint density at radius 1 is 0.951 bits per heavy atom. The van der Waals surface area contributed by atoms with Gasteiger partial charge in [-0.2, -0.15) is 0 Å². The van der Waals surface area contributed by atoms with Gasteiger partial charge in [0.2, 0.25) is 0 Å². The van der Waals surface area contributed by atoms with Gasteiger partial charge in [-0.3, -0.25) is 9.09 Å². The highest BCUT2D eigenvalue weighted by molar-refractivity contribution is 7.44. The van der Waals surface area contributed by atoms with Crippen LogP contribution in [0.3, 0.4) is 0 Å². The molecule has 0 spiro atoms. The van der Waals surface area contributed by atoms with Gasteiger partial charge >= 0.3 is 5.97 Å². The fraction of sp³-hybridized carbons (Fsp3) is 0.321. The Hall–Kier alpha value is -3.19. The van der Waals surface area contributed by atoms with Gasteiger partial charge in [-0.1, -0.05) is 36.4 Å². The highest BCUT2D eigenvalue weighted by Gasteiger charge is 2.20. The molecule has 0 aliphatic heterocycles. The van der Waals surface area contributed by atoms with Gasteiger partial charge < -0.3 is 40.3 Å². The molecule has 1 atom stereocenters. The van der Waals surface area contributed by atoms with Crippen molar-refractivity contribution in [1.82, 2.24) is 0 Å². The van der Waals surface area contributed by atoms with Crippen molar-refractivity contribution in [2.24, 2.45) is 5.73 Å². The SMILES string of the molecule is Cc1cc(CCc2cccc(C(=O)OCOP(=O)([O-])O)c2)ccc1OCc1ccc(F)cc1.NC(CO)(CO)CO. The standard InChI is InChI=1S/C24H24FO7P.C4H11NO3/c1-17-13-19(9-12-23(17)30-15-20-7-10-22(25)11-8-20)6-5-18-3-2-4-21(14-18)24(26)31-16-32-33(27,28)29;5-4(1-6,2-7)3-8/h2-4,7-14H,5-6,15-16H2,1H3,(H2,27,28,29);6-8H,1-3,5H2/p-1. The number of aliphatic hydroxyl groups excluding tert-OH is 3. The number of phosphoric acid groups is 1. The van der Waals surface area contributed by atoms with Gasteiger partial charge in [0.1, 0.15) is 18.2 Å². The number of esters is 1. The molecule has 11 nitrogen and oxygen atoms in total. The minimum atomic E-state index is -4.95. The van der Waals surface area contributed by atoms with Gasteiger partial charge in [0, 0.05) is 0 Å². The first-order valence-electron chi connectivity index (χ1n) is 12.4. The molecular weight excluding hydrogens is 560 g/mol. The number of hydrogen-bond donors (Lipinski definition) is 5. The van der Waals surface area contributed by atoms with E-state index >= 15 is 0 Å². The third-order valence-corrected chi connectivity index (χ3v) is 6.19. The quantitative estimate of drug-likeness (QED) is 0.110. The predicted molar refractivity (Wildman–Crippen MR) is 145 cm³/mol. The molecule has 3 aromatic rings. The first-order valence-corrected chi connectivity index (χ1v) is 13.9. The number of phosphoric ester groups is 1. The number of rotatable bonds is 13. The predicted octanol–water partition coefficient (Wildman–Crippen LogP) is 1.75. The van der Waals surface area contributed by atoms with Crippen LogP contribution < -0.4 is 15.4 Å². The number of nitrogens with two attached hydrogens (primary N) is 1. The second kappa shape index (κ2) is 16.3. The topological polar surface area (TPSA) is 192 Å². The lowest BCUT2D eigenvalue weighted by molar-refractivity contribution is -0.225. The Morgan fingerprint density at radius 3 is 2.07 bits per heavy atom. The summed E-state index contributed by atoms with van der Waals surface area (Å²) in [5.41, 5.74) is 8.03. The molecule has 6 N–H and O–H groups in total. The van der Waals surface area contributed by atoms with E-state index in [9.17, 15) is 18.6 Å². The molecular formula is C28H34FNO10P-. The molecule has 3 rings (SSSR count). The third-order valence-electron chi connectivity index (χ3n) is 5.76. The number of aryl methyl sites for hydroxylation is 3. The maximum atomic E-state index is 13.0. The van der Waals surface area contributed by atoms with Gasteiger partial charge in [0.05, 0.1) is 30.9 Å². The zero-order valence-electron chi connectivity index (χ0n) is 22.4. The lowest BCUT2D eigenvalue weighted by Gasteiger charge is -2.20. The maximum Gasteiger partial charge on any atom is 0.340 e. The lowest BCUT2D eigenvalue weighted by Crippen LogP contribution is -2.50. The zero-order valence-corrected chi connectivity index (χ0v) is 23.3. The van der Waals surface area contributed by atoms with Crippen LogP contribution >= 0.6 is 7.82 Å². The molecule has 0 saturated heterocycles. The van der Waals surface area contributed by atoms with Crippen molar-refractivity contribution >= 4 is 13.8 Å². The smallest absolute Gasteiger partial charge is 0.340 e. The van der Waals surface area contributed by atoms with Crippen molar-refractivity contribution in [1.29, 1.82) is 0 Å². The molecule has 0 heterocycles. The van der Waals surface area contributed by atoms with Crippen molar-refractivity contribution in [3.8, 4) is 5.75 Å². The first kappa shape index (κ1) is 34.0. The van der Waals surface area contributed by atoms with Crippen molar-refractivity contribution in [2.75, 3.05) is 26.6 Å². The molecule has 3 aromatic carbocycles. The van der Waals surface area contributed by atoms with Crippen LogP contribution in [0.15, 0.2) is 66.7 Å². The number of aliphatic hydroxyl groups is 3. The van der Waals surface area contributed by atoms with Crippen molar-refractivity contribution in [3.63, 3.8) is 0 Å². The van der Waals surface area contributed by atoms with Crippen molar-refractivity contribution in [2.45, 2.75) is 31.9 Å². The summed E-state index contributed by atoms with van der Waals surface area (Å²) in [6.45, 7) is 0.198. The number of hydrogen-bond acceptors (Lipinski definition) is 10. The summed E-state index contributed by atoms with van der Waals surface area (Å²) in [7, 11) is -4.95. The molecule has 224 valence electrons. The van der Waals surface area contributed by atoms with Crippen LogP contribution in [0.2, 0.25) is 0 Å². The molecule has 0 saturated carbocycles. The van der Waals surface area contributed by atoms with Gasteiger partial charge in [-0.05, 0) is 72.4 Å². The van der Waals surface area contributed by atoms with E-state index in [4.69, 9.17) is 30.7 Å². The van der Waals surface area contributed by atoms with E-state index in [0.29, 0.717) is 13.0 Å². The van der Waals surface area contributed by atoms with Crippen LogP contribution in [0.5, 0.6) is 5.75 Å². The number of ether oxygens (including phenoxy) is 2. The minimum absolute atomic E-state index is 0.246. The Labute approximate surface area is 237 Å². The van der Waals surface area contributed by atoms with E-state index in [-0.39, 0.29) is 11.4 Å². The number of halogens is 1. The average Bonchev–Trinajstić information content (AvgIpc) is 2.96. The van der Waals surface area contributed by atoms with Crippen molar-refractivity contribution in [3.05, 3.63) is 100 Å². The number of carbonyl (C=O) groups excluding carboxylic acids is 1. The van der Waals surface area contributed by atoms with E-state index < -0.39 is 45.9 Å². The molecule has 0 aliphatic carbocycles. The van der Waals surface area contributed by atoms with E-state index in [2.05, 4.69) is 9.26 Å². The molecule has 0 aromatic heterocycles. The van der Waals surface area contributed by atoms with Gasteiger partial charge in [0.25, 0.3) is 7.82 Å². The Balaban J connectivity index is 0.000000642. The van der Waals surface area contributed by atoms with E-state index in [1.807, 2.05) is 31.2 Å². The molecule has 41 heavy (non-hydrogen) atoms. The molecule has 0 amide bonds. The summed E-state index contributed by atoms with van der Waals surface area (Å²) >= 11 is 0. The highest BCUT2D eigenvalue weighted by Crippen LogP contribution is 2.29. The fourth-order valence-corrected chi connectivity index (χ4v) is 3.48. The Kier molecular flexibility index (Phi) is 13.5. The number of benzene rings is 3. The van der Waals surface area contributed by atoms with E-state index in [1.165, 1.54) is 12.1 Å². The van der Waals surface area contributed by atoms with Crippen LogP contribution in [0.1, 0.15) is 32.6 Å². The Morgan fingerprint density at radius 2 is 1.54 bits per heavy atom. The largest absolute Gasteiger partial charge is 0.756 e. The molecule has 0 radical (unpaired) electrons. The Bertz CT molecular complexity index is 1290. The van der Waals surface area contributed by atoms with Gasteiger partial charge in [-0.25, -0.2) is 9.18 Å². The zero-order chi connectivity index (χ0) is 30.5. The van der Waals surface area contributed by atoms with E-state index in [0.717, 1.165) is 34.4 Å². The summed E-state index contributed by atoms with van der Waals surface area (Å²) in [6, 6.07) is 18.9. The second-order valence-electron chi connectivity index (χ2n) is 9.20. The van der Waals surface area contributed by atoms with E-state index in [1.54, 1.807) is 30.3 Å². The summed E-state index contributed by atoms with van der Waals surface area (Å²) < 4.78 is 38.1. The molecule has 13 heteroatoms. The second-order valence-corrected chi connectivity index (χ2v) is 10.4. The third kappa shape index (κ3) is 12.5. The van der Waals surface area contributed by atoms with Crippen LogP contribution in [0, 0.1) is 12.7 Å². The highest BCUT2D eigenvalue weighted by atomic mass is 31.2. The van der Waals surface area contributed by atoms with Crippen LogP contribution in [-0.4, -0.2) is 58.3 Å². The van der Waals surface area contributed by atoms with Crippen molar-refractivity contribution < 1.29 is 52.9 Å². The molecule has 0 fully saturated rings. The monoisotopic (exact) mass is 594 g/mol. The summed E-state index contributed by atoms with van der Waals surface area (Å²) in [5, 5.41) is 25.0.